The number of ketones is 2. The molecule has 4 atom stereocenters. The van der Waals surface area contributed by atoms with Gasteiger partial charge >= 0.3 is 0 Å². The van der Waals surface area contributed by atoms with Crippen molar-refractivity contribution in [2.45, 2.75) is 31.3 Å². The standard InChI is InChI=1S/C36H30N2O4/c1-21-15-17-23(18-16-21)33(39)31-32(34(40)24-9-8-10-25(20-24)42-3)38-29-14-7-4-11-26(29)22(2)19-30(38)36(31)27-12-5-6-13-28(27)37-35(36)41/h4-20,30-32H,1-3H3,(H,37,41)/t30-,31-,32+,36+/m1/s1. The number of fused-ring (bicyclic) bond motifs is 6. The minimum Gasteiger partial charge on any atom is -0.497 e. The second-order valence-electron chi connectivity index (χ2n) is 11.3. The predicted molar refractivity (Wildman–Crippen MR) is 163 cm³/mol. The number of anilines is 2. The Morgan fingerprint density at radius 3 is 2.36 bits per heavy atom. The van der Waals surface area contributed by atoms with Crippen molar-refractivity contribution < 1.29 is 19.1 Å². The first-order valence-corrected chi connectivity index (χ1v) is 14.1. The molecule has 1 spiro atoms. The molecule has 1 N–H and O–H groups in total. The van der Waals surface area contributed by atoms with Gasteiger partial charge in [-0.25, -0.2) is 0 Å². The van der Waals surface area contributed by atoms with E-state index in [-0.39, 0.29) is 17.5 Å². The molecule has 0 aliphatic carbocycles. The van der Waals surface area contributed by atoms with Crippen molar-refractivity contribution in [3.05, 3.63) is 131 Å². The maximum absolute atomic E-state index is 14.9. The van der Waals surface area contributed by atoms with Crippen LogP contribution in [0.25, 0.3) is 5.57 Å². The molecule has 0 bridgehead atoms. The van der Waals surface area contributed by atoms with Gasteiger partial charge in [0.05, 0.1) is 19.1 Å². The summed E-state index contributed by atoms with van der Waals surface area (Å²) in [6, 6.07) is 28.3. The van der Waals surface area contributed by atoms with Gasteiger partial charge in [0.25, 0.3) is 0 Å². The van der Waals surface area contributed by atoms with Crippen LogP contribution >= 0.6 is 0 Å². The van der Waals surface area contributed by atoms with E-state index in [4.69, 9.17) is 4.74 Å². The Kier molecular flexibility index (Phi) is 5.91. The van der Waals surface area contributed by atoms with Crippen molar-refractivity contribution >= 4 is 34.4 Å². The number of methoxy groups -OCH3 is 1. The van der Waals surface area contributed by atoms with Crippen LogP contribution in [0, 0.1) is 12.8 Å². The number of hydrogen-bond acceptors (Lipinski definition) is 5. The van der Waals surface area contributed by atoms with Crippen LogP contribution in [0.1, 0.15) is 44.3 Å². The van der Waals surface area contributed by atoms with Crippen molar-refractivity contribution in [2.75, 3.05) is 17.3 Å². The van der Waals surface area contributed by atoms with E-state index in [0.29, 0.717) is 22.6 Å². The Hall–Kier alpha value is -4.97. The van der Waals surface area contributed by atoms with E-state index < -0.39 is 23.4 Å². The van der Waals surface area contributed by atoms with Crippen molar-refractivity contribution in [3.8, 4) is 5.75 Å². The van der Waals surface area contributed by atoms with E-state index in [9.17, 15) is 14.4 Å². The lowest BCUT2D eigenvalue weighted by molar-refractivity contribution is -0.121. The molecule has 7 rings (SSSR count). The van der Waals surface area contributed by atoms with E-state index in [1.165, 1.54) is 0 Å². The van der Waals surface area contributed by atoms with E-state index >= 15 is 0 Å². The molecule has 0 saturated carbocycles. The lowest BCUT2D eigenvalue weighted by Gasteiger charge is -2.39. The minimum absolute atomic E-state index is 0.235. The number of nitrogens with zero attached hydrogens (tertiary/aromatic N) is 1. The van der Waals surface area contributed by atoms with Crippen molar-refractivity contribution in [3.63, 3.8) is 0 Å². The molecular formula is C36H30N2O4. The maximum atomic E-state index is 14.9. The van der Waals surface area contributed by atoms with E-state index in [1.54, 1.807) is 43.5 Å². The molecule has 1 amide bonds. The average molecular weight is 555 g/mol. The summed E-state index contributed by atoms with van der Waals surface area (Å²) < 4.78 is 5.45. The lowest BCUT2D eigenvalue weighted by Crippen LogP contribution is -2.51. The van der Waals surface area contributed by atoms with Gasteiger partial charge in [-0.15, -0.1) is 0 Å². The number of amides is 1. The number of carbonyl (C=O) groups is 3. The highest BCUT2D eigenvalue weighted by Crippen LogP contribution is 2.58. The van der Waals surface area contributed by atoms with Crippen LogP contribution in [-0.4, -0.2) is 36.7 Å². The highest BCUT2D eigenvalue weighted by atomic mass is 16.5. The van der Waals surface area contributed by atoms with E-state index in [1.807, 2.05) is 79.4 Å². The molecule has 1 saturated heterocycles. The van der Waals surface area contributed by atoms with Gasteiger partial charge in [0.1, 0.15) is 17.2 Å². The molecule has 208 valence electrons. The molecule has 42 heavy (non-hydrogen) atoms. The topological polar surface area (TPSA) is 75.7 Å². The molecule has 4 aromatic carbocycles. The number of nitrogens with one attached hydrogen (secondary N) is 1. The number of hydrogen-bond donors (Lipinski definition) is 1. The first-order valence-electron chi connectivity index (χ1n) is 14.1. The van der Waals surface area contributed by atoms with Gasteiger partial charge in [-0.3, -0.25) is 14.4 Å². The smallest absolute Gasteiger partial charge is 0.238 e. The summed E-state index contributed by atoms with van der Waals surface area (Å²) in [6.45, 7) is 3.99. The zero-order valence-corrected chi connectivity index (χ0v) is 23.6. The Labute approximate surface area is 244 Å². The summed E-state index contributed by atoms with van der Waals surface area (Å²) in [5.41, 5.74) is 4.79. The van der Waals surface area contributed by atoms with Crippen LogP contribution in [0.5, 0.6) is 5.75 Å². The summed E-state index contributed by atoms with van der Waals surface area (Å²) in [7, 11) is 1.56. The van der Waals surface area contributed by atoms with Gasteiger partial charge in [0.2, 0.25) is 5.91 Å². The van der Waals surface area contributed by atoms with E-state index in [0.717, 1.165) is 28.0 Å². The summed E-state index contributed by atoms with van der Waals surface area (Å²) in [5.74, 6) is -1.20. The largest absolute Gasteiger partial charge is 0.497 e. The molecule has 1 fully saturated rings. The van der Waals surface area contributed by atoms with Crippen molar-refractivity contribution in [1.29, 1.82) is 0 Å². The second kappa shape index (κ2) is 9.55. The van der Waals surface area contributed by atoms with Crippen LogP contribution in [0.3, 0.4) is 0 Å². The molecule has 0 radical (unpaired) electrons. The third-order valence-corrected chi connectivity index (χ3v) is 9.13. The minimum atomic E-state index is -1.34. The van der Waals surface area contributed by atoms with Crippen LogP contribution in [-0.2, 0) is 10.2 Å². The fourth-order valence-electron chi connectivity index (χ4n) is 7.23. The number of ether oxygens (including phenoxy) is 1. The first kappa shape index (κ1) is 26.0. The zero-order valence-electron chi connectivity index (χ0n) is 23.6. The predicted octanol–water partition coefficient (Wildman–Crippen LogP) is 6.25. The average Bonchev–Trinajstić information content (AvgIpc) is 3.49. The van der Waals surface area contributed by atoms with Crippen molar-refractivity contribution in [2.24, 2.45) is 5.92 Å². The number of aryl methyl sites for hydroxylation is 1. The molecule has 6 heteroatoms. The fourth-order valence-corrected chi connectivity index (χ4v) is 7.23. The lowest BCUT2D eigenvalue weighted by atomic mass is 9.64. The molecule has 3 aliphatic heterocycles. The first-order chi connectivity index (χ1) is 20.4. The SMILES string of the molecule is COc1cccc(C(=O)[C@@H]2[C@H](C(=O)c3ccc(C)cc3)[C@@]3(C(=O)Nc4ccccc43)[C@H]3C=C(C)c4ccccc4N23)c1. The highest BCUT2D eigenvalue weighted by molar-refractivity contribution is 6.18. The maximum Gasteiger partial charge on any atom is 0.238 e. The number of Topliss-reactive ketones (excluding diaryl/α,β-unsaturated/α-hetero) is 2. The molecule has 4 aromatic rings. The fraction of sp³-hybridized carbons (Fsp3) is 0.194. The number of rotatable bonds is 5. The summed E-state index contributed by atoms with van der Waals surface area (Å²) in [6.07, 6.45) is 2.07. The molecule has 6 nitrogen and oxygen atoms in total. The number of carbonyl (C=O) groups excluding carboxylic acids is 3. The van der Waals surface area contributed by atoms with Gasteiger partial charge in [0.15, 0.2) is 11.6 Å². The summed E-state index contributed by atoms with van der Waals surface area (Å²) in [5, 5.41) is 3.09. The monoisotopic (exact) mass is 554 g/mol. The quantitative estimate of drug-likeness (QED) is 0.295. The van der Waals surface area contributed by atoms with Crippen LogP contribution < -0.4 is 15.0 Å². The molecule has 0 unspecified atom stereocenters. The second-order valence-corrected chi connectivity index (χ2v) is 11.3. The van der Waals surface area contributed by atoms with Gasteiger partial charge in [0, 0.05) is 28.1 Å². The molecule has 3 aliphatic rings. The van der Waals surface area contributed by atoms with E-state index in [2.05, 4.69) is 11.4 Å². The van der Waals surface area contributed by atoms with Gasteiger partial charge in [-0.05, 0) is 49.2 Å². The zero-order chi connectivity index (χ0) is 29.2. The Morgan fingerprint density at radius 2 is 1.57 bits per heavy atom. The van der Waals surface area contributed by atoms with Gasteiger partial charge < -0.3 is 15.0 Å². The van der Waals surface area contributed by atoms with Gasteiger partial charge in [-0.1, -0.05) is 84.4 Å². The van der Waals surface area contributed by atoms with Crippen LogP contribution in [0.4, 0.5) is 11.4 Å². The normalized spacial score (nSPS) is 23.5. The molecule has 0 aromatic heterocycles. The highest BCUT2D eigenvalue weighted by Gasteiger charge is 2.70. The molecule has 3 heterocycles. The van der Waals surface area contributed by atoms with Crippen molar-refractivity contribution in [1.82, 2.24) is 0 Å². The Morgan fingerprint density at radius 1 is 0.833 bits per heavy atom. The number of para-hydroxylation sites is 2. The third kappa shape index (κ3) is 3.54. The summed E-state index contributed by atoms with van der Waals surface area (Å²) >= 11 is 0. The van der Waals surface area contributed by atoms with Gasteiger partial charge in [-0.2, -0.15) is 0 Å². The number of benzene rings is 4. The van der Waals surface area contributed by atoms with Crippen LogP contribution in [0.2, 0.25) is 0 Å². The number of allylic oxidation sites excluding steroid dienone is 1. The van der Waals surface area contributed by atoms with Crippen LogP contribution in [0.15, 0.2) is 103 Å². The Balaban J connectivity index is 1.55. The molecular weight excluding hydrogens is 524 g/mol. The Bertz CT molecular complexity index is 1810. The summed E-state index contributed by atoms with van der Waals surface area (Å²) in [4.78, 5) is 46.2. The third-order valence-electron chi connectivity index (χ3n) is 9.13.